The van der Waals surface area contributed by atoms with Crippen molar-refractivity contribution in [2.45, 2.75) is 38.6 Å². The molecule has 3 rings (SSSR count). The third-order valence-corrected chi connectivity index (χ3v) is 3.08. The quantitative estimate of drug-likeness (QED) is 0.838. The highest BCUT2D eigenvalue weighted by Crippen LogP contribution is 2.41. The first-order valence-corrected chi connectivity index (χ1v) is 5.77. The molecule has 84 valence electrons. The van der Waals surface area contributed by atoms with Crippen LogP contribution in [0.15, 0.2) is 17.1 Å². The largest absolute Gasteiger partial charge is 0.327 e. The minimum atomic E-state index is -0.0587. The summed E-state index contributed by atoms with van der Waals surface area (Å²) in [4.78, 5) is 18.7. The van der Waals surface area contributed by atoms with Crippen molar-refractivity contribution < 1.29 is 0 Å². The van der Waals surface area contributed by atoms with E-state index in [9.17, 15) is 4.79 Å². The predicted octanol–water partition coefficient (Wildman–Crippen LogP) is 2.18. The van der Waals surface area contributed by atoms with Crippen LogP contribution in [-0.2, 0) is 0 Å². The molecule has 0 amide bonds. The molecule has 0 radical (unpaired) electrons. The molecule has 0 saturated heterocycles. The molecule has 1 aliphatic rings. The molecule has 0 aliphatic heterocycles. The topological polar surface area (TPSA) is 50.7 Å². The van der Waals surface area contributed by atoms with Crippen LogP contribution in [-0.4, -0.2) is 14.5 Å². The fourth-order valence-electron chi connectivity index (χ4n) is 2.21. The van der Waals surface area contributed by atoms with Gasteiger partial charge in [0.1, 0.15) is 11.3 Å². The van der Waals surface area contributed by atoms with Gasteiger partial charge in [0.05, 0.1) is 5.52 Å². The van der Waals surface area contributed by atoms with Crippen LogP contribution >= 0.6 is 0 Å². The van der Waals surface area contributed by atoms with E-state index in [2.05, 4.69) is 28.4 Å². The maximum absolute atomic E-state index is 11.4. The van der Waals surface area contributed by atoms with Crippen LogP contribution in [0.4, 0.5) is 0 Å². The molecule has 4 heteroatoms. The number of fused-ring (bicyclic) bond motifs is 1. The van der Waals surface area contributed by atoms with Gasteiger partial charge >= 0.3 is 0 Å². The summed E-state index contributed by atoms with van der Waals surface area (Å²) in [7, 11) is 0. The lowest BCUT2D eigenvalue weighted by Crippen LogP contribution is -2.08. The molecule has 2 heterocycles. The fourth-order valence-corrected chi connectivity index (χ4v) is 2.21. The average molecular weight is 217 g/mol. The molecule has 0 atom stereocenters. The Bertz CT molecular complexity index is 590. The first-order chi connectivity index (χ1) is 7.66. The summed E-state index contributed by atoms with van der Waals surface area (Å²) in [5.74, 6) is 1.74. The Labute approximate surface area is 93.3 Å². The van der Waals surface area contributed by atoms with Crippen molar-refractivity contribution in [1.82, 2.24) is 14.5 Å². The summed E-state index contributed by atoms with van der Waals surface area (Å²) >= 11 is 0. The number of nitrogens with one attached hydrogen (secondary N) is 1. The molecule has 0 bridgehead atoms. The Morgan fingerprint density at radius 3 is 2.88 bits per heavy atom. The zero-order chi connectivity index (χ0) is 11.3. The first kappa shape index (κ1) is 9.63. The van der Waals surface area contributed by atoms with Gasteiger partial charge in [-0.15, -0.1) is 0 Å². The van der Waals surface area contributed by atoms with Gasteiger partial charge < -0.3 is 9.55 Å². The van der Waals surface area contributed by atoms with E-state index in [4.69, 9.17) is 0 Å². The highest BCUT2D eigenvalue weighted by Gasteiger charge is 2.30. The van der Waals surface area contributed by atoms with E-state index in [-0.39, 0.29) is 5.56 Å². The maximum atomic E-state index is 11.4. The summed E-state index contributed by atoms with van der Waals surface area (Å²) in [6, 6.07) is 2.00. The molecule has 0 aromatic carbocycles. The summed E-state index contributed by atoms with van der Waals surface area (Å²) in [5.41, 5.74) is 1.80. The Morgan fingerprint density at radius 2 is 2.25 bits per heavy atom. The van der Waals surface area contributed by atoms with Crippen LogP contribution in [0.1, 0.15) is 44.5 Å². The minimum Gasteiger partial charge on any atom is -0.327 e. The molecule has 0 spiro atoms. The lowest BCUT2D eigenvalue weighted by molar-refractivity contribution is 0.585. The minimum absolute atomic E-state index is 0.0587. The number of imidazole rings is 1. The van der Waals surface area contributed by atoms with E-state index < -0.39 is 0 Å². The second-order valence-electron chi connectivity index (χ2n) is 4.78. The molecule has 1 N–H and O–H groups in total. The molecule has 2 aromatic rings. The Balaban J connectivity index is 2.33. The van der Waals surface area contributed by atoms with Crippen LogP contribution in [0.5, 0.6) is 0 Å². The van der Waals surface area contributed by atoms with E-state index in [0.717, 1.165) is 16.9 Å². The monoisotopic (exact) mass is 217 g/mol. The van der Waals surface area contributed by atoms with E-state index >= 15 is 0 Å². The molecular formula is C12H15N3O. The smallest absolute Gasteiger partial charge is 0.250 e. The number of aromatic amines is 1. The number of hydrogen-bond donors (Lipinski definition) is 1. The second-order valence-corrected chi connectivity index (χ2v) is 4.78. The van der Waals surface area contributed by atoms with Gasteiger partial charge in [0.2, 0.25) is 5.56 Å². The third-order valence-electron chi connectivity index (χ3n) is 3.08. The van der Waals surface area contributed by atoms with Gasteiger partial charge in [-0.1, -0.05) is 0 Å². The summed E-state index contributed by atoms with van der Waals surface area (Å²) in [5, 5.41) is 0. The van der Waals surface area contributed by atoms with E-state index in [1.807, 2.05) is 0 Å². The molecule has 2 aromatic heterocycles. The van der Waals surface area contributed by atoms with Crippen LogP contribution in [0, 0.1) is 0 Å². The zero-order valence-electron chi connectivity index (χ0n) is 9.53. The fraction of sp³-hybridized carbons (Fsp3) is 0.500. The number of hydrogen-bond acceptors (Lipinski definition) is 2. The summed E-state index contributed by atoms with van der Waals surface area (Å²) in [6.45, 7) is 4.27. The lowest BCUT2D eigenvalue weighted by atomic mass is 10.3. The maximum Gasteiger partial charge on any atom is 0.250 e. The van der Waals surface area contributed by atoms with Crippen LogP contribution in [0.25, 0.3) is 11.0 Å². The number of rotatable bonds is 2. The molecule has 1 aliphatic carbocycles. The van der Waals surface area contributed by atoms with Crippen molar-refractivity contribution in [3.8, 4) is 0 Å². The van der Waals surface area contributed by atoms with Gasteiger partial charge in [0.15, 0.2) is 0 Å². The molecule has 4 nitrogen and oxygen atoms in total. The molecular weight excluding hydrogens is 202 g/mol. The number of pyridine rings is 1. The summed E-state index contributed by atoms with van der Waals surface area (Å²) < 4.78 is 2.20. The van der Waals surface area contributed by atoms with Crippen molar-refractivity contribution in [3.63, 3.8) is 0 Å². The Morgan fingerprint density at radius 1 is 1.50 bits per heavy atom. The number of nitrogens with zero attached hydrogens (tertiary/aromatic N) is 2. The molecule has 1 saturated carbocycles. The Kier molecular flexibility index (Phi) is 1.93. The van der Waals surface area contributed by atoms with Crippen LogP contribution in [0.2, 0.25) is 0 Å². The highest BCUT2D eigenvalue weighted by atomic mass is 16.1. The average Bonchev–Trinajstić information content (AvgIpc) is 2.99. The van der Waals surface area contributed by atoms with Gasteiger partial charge in [0.25, 0.3) is 0 Å². The van der Waals surface area contributed by atoms with Crippen molar-refractivity contribution in [2.24, 2.45) is 0 Å². The van der Waals surface area contributed by atoms with E-state index in [0.29, 0.717) is 12.0 Å². The number of aromatic nitrogens is 3. The molecule has 16 heavy (non-hydrogen) atoms. The van der Waals surface area contributed by atoms with Gasteiger partial charge in [-0.25, -0.2) is 4.98 Å². The van der Waals surface area contributed by atoms with Crippen LogP contribution < -0.4 is 5.56 Å². The van der Waals surface area contributed by atoms with Gasteiger partial charge in [-0.2, -0.15) is 0 Å². The second kappa shape index (κ2) is 3.20. The highest BCUT2D eigenvalue weighted by molar-refractivity contribution is 5.75. The lowest BCUT2D eigenvalue weighted by Gasteiger charge is -2.12. The molecule has 0 unspecified atom stereocenters. The van der Waals surface area contributed by atoms with Gasteiger partial charge in [-0.05, 0) is 26.7 Å². The van der Waals surface area contributed by atoms with E-state index in [1.54, 1.807) is 12.3 Å². The zero-order valence-corrected chi connectivity index (χ0v) is 9.53. The molecule has 1 fully saturated rings. The van der Waals surface area contributed by atoms with E-state index in [1.165, 1.54) is 12.8 Å². The SMILES string of the molecule is CC(C)n1c(C2CC2)nc2c[nH]c(=O)cc21. The normalized spacial score (nSPS) is 16.2. The van der Waals surface area contributed by atoms with Crippen molar-refractivity contribution in [3.05, 3.63) is 28.4 Å². The van der Waals surface area contributed by atoms with Crippen molar-refractivity contribution in [2.75, 3.05) is 0 Å². The third kappa shape index (κ3) is 1.37. The summed E-state index contributed by atoms with van der Waals surface area (Å²) in [6.07, 6.45) is 4.16. The number of H-pyrrole nitrogens is 1. The van der Waals surface area contributed by atoms with Crippen molar-refractivity contribution in [1.29, 1.82) is 0 Å². The standard InChI is InChI=1S/C12H15N3O/c1-7(2)15-10-5-11(16)13-6-9(10)14-12(15)8-3-4-8/h5-8H,3-4H2,1-2H3,(H,13,16). The first-order valence-electron chi connectivity index (χ1n) is 5.77. The van der Waals surface area contributed by atoms with Gasteiger partial charge in [0, 0.05) is 24.2 Å². The van der Waals surface area contributed by atoms with Crippen LogP contribution in [0.3, 0.4) is 0 Å². The Hall–Kier alpha value is -1.58. The predicted molar refractivity (Wildman–Crippen MR) is 62.7 cm³/mol. The van der Waals surface area contributed by atoms with Crippen molar-refractivity contribution >= 4 is 11.0 Å². The van der Waals surface area contributed by atoms with Gasteiger partial charge in [-0.3, -0.25) is 4.79 Å².